The number of nitrogens with one attached hydrogen (secondary N) is 1. The van der Waals surface area contributed by atoms with E-state index in [0.717, 1.165) is 27.9 Å². The lowest BCUT2D eigenvalue weighted by Crippen LogP contribution is -2.32. The number of pyridine rings is 1. The van der Waals surface area contributed by atoms with Crippen molar-refractivity contribution >= 4 is 22.8 Å². The van der Waals surface area contributed by atoms with E-state index in [-0.39, 0.29) is 24.2 Å². The van der Waals surface area contributed by atoms with Gasteiger partial charge in [0.1, 0.15) is 11.3 Å². The third-order valence-electron chi connectivity index (χ3n) is 5.07. The molecule has 1 aliphatic heterocycles. The Bertz CT molecular complexity index is 981. The number of aryl methyl sites for hydroxylation is 1. The van der Waals surface area contributed by atoms with Gasteiger partial charge < -0.3 is 14.6 Å². The molecule has 4 rings (SSSR count). The van der Waals surface area contributed by atoms with Crippen LogP contribution < -0.4 is 5.32 Å². The Morgan fingerprint density at radius 2 is 2.04 bits per heavy atom. The number of benzene rings is 1. The smallest absolute Gasteiger partial charge is 0.225 e. The largest absolute Gasteiger partial charge is 0.459 e. The van der Waals surface area contributed by atoms with Crippen molar-refractivity contribution in [1.82, 2.24) is 15.2 Å². The molecule has 0 saturated carbocycles. The highest BCUT2D eigenvalue weighted by atomic mass is 16.3. The highest BCUT2D eigenvalue weighted by Crippen LogP contribution is 2.25. The van der Waals surface area contributed by atoms with Crippen molar-refractivity contribution in [3.8, 4) is 0 Å². The van der Waals surface area contributed by atoms with E-state index in [1.165, 1.54) is 0 Å². The molecular formula is C21H21N3O3. The predicted molar refractivity (Wildman–Crippen MR) is 101 cm³/mol. The number of nitrogens with zero attached hydrogens (tertiary/aromatic N) is 2. The van der Waals surface area contributed by atoms with Crippen LogP contribution in [-0.2, 0) is 22.7 Å². The van der Waals surface area contributed by atoms with Crippen LogP contribution in [0.5, 0.6) is 0 Å². The van der Waals surface area contributed by atoms with E-state index in [1.54, 1.807) is 17.3 Å². The number of furan rings is 1. The first-order valence-corrected chi connectivity index (χ1v) is 9.03. The van der Waals surface area contributed by atoms with Crippen molar-refractivity contribution in [1.29, 1.82) is 0 Å². The minimum Gasteiger partial charge on any atom is -0.459 e. The first-order chi connectivity index (χ1) is 13.1. The molecule has 27 heavy (non-hydrogen) atoms. The third-order valence-corrected chi connectivity index (χ3v) is 5.07. The second-order valence-corrected chi connectivity index (χ2v) is 6.89. The molecule has 1 aromatic carbocycles. The molecule has 1 unspecified atom stereocenters. The molecule has 1 N–H and O–H groups in total. The third kappa shape index (κ3) is 3.56. The molecule has 138 valence electrons. The lowest BCUT2D eigenvalue weighted by atomic mass is 10.1. The first-order valence-electron chi connectivity index (χ1n) is 9.03. The molecule has 1 atom stereocenters. The Kier molecular flexibility index (Phi) is 4.62. The van der Waals surface area contributed by atoms with Crippen LogP contribution in [0, 0.1) is 12.8 Å². The van der Waals surface area contributed by atoms with Crippen molar-refractivity contribution in [2.75, 3.05) is 6.54 Å². The Balaban J connectivity index is 1.37. The molecule has 0 spiro atoms. The molecule has 1 fully saturated rings. The van der Waals surface area contributed by atoms with Gasteiger partial charge in [0.2, 0.25) is 11.8 Å². The SMILES string of the molecule is Cc1c(CNC(=O)C2CC(=O)N(Cc3ccncc3)C2)oc2ccccc12. The van der Waals surface area contributed by atoms with E-state index in [1.807, 2.05) is 43.3 Å². The quantitative estimate of drug-likeness (QED) is 0.756. The number of hydrogen-bond acceptors (Lipinski definition) is 4. The van der Waals surface area contributed by atoms with Crippen LogP contribution in [0.4, 0.5) is 0 Å². The van der Waals surface area contributed by atoms with Gasteiger partial charge in [0.25, 0.3) is 0 Å². The lowest BCUT2D eigenvalue weighted by molar-refractivity contribution is -0.129. The average molecular weight is 363 g/mol. The average Bonchev–Trinajstić information content (AvgIpc) is 3.21. The number of aromatic nitrogens is 1. The van der Waals surface area contributed by atoms with E-state index in [0.29, 0.717) is 19.6 Å². The summed E-state index contributed by atoms with van der Waals surface area (Å²) in [5.41, 5.74) is 2.86. The standard InChI is InChI=1S/C21H21N3O3/c1-14-17-4-2-3-5-18(17)27-19(14)11-23-21(26)16-10-20(25)24(13-16)12-15-6-8-22-9-7-15/h2-9,16H,10-13H2,1H3,(H,23,26). The van der Waals surface area contributed by atoms with Crippen molar-refractivity contribution in [3.05, 3.63) is 65.7 Å². The van der Waals surface area contributed by atoms with Gasteiger partial charge in [-0.25, -0.2) is 0 Å². The molecule has 1 aliphatic rings. The fourth-order valence-electron chi connectivity index (χ4n) is 3.51. The van der Waals surface area contributed by atoms with Crippen LogP contribution in [0.25, 0.3) is 11.0 Å². The van der Waals surface area contributed by atoms with Crippen LogP contribution >= 0.6 is 0 Å². The van der Waals surface area contributed by atoms with Gasteiger partial charge in [-0.05, 0) is 30.7 Å². The number of likely N-dealkylation sites (tertiary alicyclic amines) is 1. The predicted octanol–water partition coefficient (Wildman–Crippen LogP) is 2.80. The summed E-state index contributed by atoms with van der Waals surface area (Å²) in [7, 11) is 0. The Morgan fingerprint density at radius 1 is 1.26 bits per heavy atom. The van der Waals surface area contributed by atoms with Crippen molar-refractivity contribution in [2.24, 2.45) is 5.92 Å². The number of carbonyl (C=O) groups is 2. The zero-order valence-electron chi connectivity index (χ0n) is 15.1. The molecule has 6 heteroatoms. The second kappa shape index (κ2) is 7.23. The van der Waals surface area contributed by atoms with Gasteiger partial charge >= 0.3 is 0 Å². The van der Waals surface area contributed by atoms with Crippen molar-refractivity contribution < 1.29 is 14.0 Å². The maximum absolute atomic E-state index is 12.5. The molecule has 0 radical (unpaired) electrons. The van der Waals surface area contributed by atoms with Crippen molar-refractivity contribution in [2.45, 2.75) is 26.4 Å². The van der Waals surface area contributed by atoms with Gasteiger partial charge in [-0.15, -0.1) is 0 Å². The van der Waals surface area contributed by atoms with Gasteiger partial charge in [0.15, 0.2) is 0 Å². The summed E-state index contributed by atoms with van der Waals surface area (Å²) in [6, 6.07) is 11.6. The molecule has 1 saturated heterocycles. The van der Waals surface area contributed by atoms with E-state index in [9.17, 15) is 9.59 Å². The summed E-state index contributed by atoms with van der Waals surface area (Å²) >= 11 is 0. The topological polar surface area (TPSA) is 75.4 Å². The van der Waals surface area contributed by atoms with Gasteiger partial charge in [-0.1, -0.05) is 18.2 Å². The zero-order valence-corrected chi connectivity index (χ0v) is 15.1. The van der Waals surface area contributed by atoms with Crippen LogP contribution in [0.2, 0.25) is 0 Å². The maximum Gasteiger partial charge on any atom is 0.225 e. The summed E-state index contributed by atoms with van der Waals surface area (Å²) in [5, 5.41) is 3.98. The molecule has 2 amide bonds. The van der Waals surface area contributed by atoms with Crippen LogP contribution in [-0.4, -0.2) is 28.2 Å². The lowest BCUT2D eigenvalue weighted by Gasteiger charge is -2.16. The number of amides is 2. The number of hydrogen-bond donors (Lipinski definition) is 1. The fraction of sp³-hybridized carbons (Fsp3) is 0.286. The number of rotatable bonds is 5. The van der Waals surface area contributed by atoms with Crippen LogP contribution in [0.3, 0.4) is 0 Å². The van der Waals surface area contributed by atoms with Gasteiger partial charge in [-0.2, -0.15) is 0 Å². The number of carbonyl (C=O) groups excluding carboxylic acids is 2. The Hall–Kier alpha value is -3.15. The normalized spacial score (nSPS) is 16.9. The van der Waals surface area contributed by atoms with Crippen molar-refractivity contribution in [3.63, 3.8) is 0 Å². The van der Waals surface area contributed by atoms with Gasteiger partial charge in [0.05, 0.1) is 12.5 Å². The zero-order chi connectivity index (χ0) is 18.8. The highest BCUT2D eigenvalue weighted by Gasteiger charge is 2.34. The van der Waals surface area contributed by atoms with Gasteiger partial charge in [0, 0.05) is 42.9 Å². The monoisotopic (exact) mass is 363 g/mol. The van der Waals surface area contributed by atoms with Gasteiger partial charge in [-0.3, -0.25) is 14.6 Å². The molecule has 3 aromatic rings. The summed E-state index contributed by atoms with van der Waals surface area (Å²) in [6.07, 6.45) is 3.65. The molecule has 2 aromatic heterocycles. The second-order valence-electron chi connectivity index (χ2n) is 6.89. The Morgan fingerprint density at radius 3 is 2.81 bits per heavy atom. The van der Waals surface area contributed by atoms with Crippen LogP contribution in [0.1, 0.15) is 23.3 Å². The first kappa shape index (κ1) is 17.3. The number of fused-ring (bicyclic) bond motifs is 1. The summed E-state index contributed by atoms with van der Waals surface area (Å²) in [5.74, 6) is 0.318. The van der Waals surface area contributed by atoms with E-state index >= 15 is 0 Å². The van der Waals surface area contributed by atoms with E-state index in [2.05, 4.69) is 10.3 Å². The van der Waals surface area contributed by atoms with E-state index in [4.69, 9.17) is 4.42 Å². The minimum absolute atomic E-state index is 0.00637. The molecular weight excluding hydrogens is 342 g/mol. The van der Waals surface area contributed by atoms with E-state index < -0.39 is 0 Å². The summed E-state index contributed by atoms with van der Waals surface area (Å²) in [4.78, 5) is 30.5. The summed E-state index contributed by atoms with van der Waals surface area (Å²) < 4.78 is 5.84. The highest BCUT2D eigenvalue weighted by molar-refractivity contribution is 5.89. The maximum atomic E-state index is 12.5. The molecule has 0 bridgehead atoms. The molecule has 6 nitrogen and oxygen atoms in total. The number of para-hydroxylation sites is 1. The Labute approximate surface area is 157 Å². The molecule has 3 heterocycles. The fourth-order valence-corrected chi connectivity index (χ4v) is 3.51. The minimum atomic E-state index is -0.330. The summed E-state index contributed by atoms with van der Waals surface area (Å²) in [6.45, 7) is 3.26. The van der Waals surface area contributed by atoms with Crippen LogP contribution in [0.15, 0.2) is 53.2 Å². The molecule has 0 aliphatic carbocycles.